The number of halogens is 1. The van der Waals surface area contributed by atoms with Gasteiger partial charge in [-0.1, -0.05) is 0 Å². The van der Waals surface area contributed by atoms with E-state index in [1.54, 1.807) is 0 Å². The van der Waals surface area contributed by atoms with E-state index in [2.05, 4.69) is 38.2 Å². The Kier molecular flexibility index (Phi) is 5.00. The van der Waals surface area contributed by atoms with Crippen LogP contribution >= 0.6 is 15.9 Å². The number of rotatable bonds is 5. The third kappa shape index (κ3) is 5.16. The molecule has 0 radical (unpaired) electrons. The summed E-state index contributed by atoms with van der Waals surface area (Å²) in [7, 11) is 2.05. The lowest BCUT2D eigenvalue weighted by Gasteiger charge is -2.26. The predicted molar refractivity (Wildman–Crippen MR) is 91.1 cm³/mol. The van der Waals surface area contributed by atoms with Gasteiger partial charge in [0.05, 0.1) is 11.9 Å². The van der Waals surface area contributed by atoms with Crippen LogP contribution < -0.4 is 10.2 Å². The summed E-state index contributed by atoms with van der Waals surface area (Å²) in [6.07, 6.45) is 3.75. The molecule has 1 N–H and O–H groups in total. The third-order valence-corrected chi connectivity index (χ3v) is 4.16. The van der Waals surface area contributed by atoms with Crippen molar-refractivity contribution in [1.29, 1.82) is 0 Å². The minimum Gasteiger partial charge on any atom is -0.444 e. The van der Waals surface area contributed by atoms with E-state index in [0.29, 0.717) is 6.54 Å². The Morgan fingerprint density at radius 2 is 2.14 bits per heavy atom. The number of alkyl carbamates (subject to hydrolysis) is 1. The highest BCUT2D eigenvalue weighted by molar-refractivity contribution is 9.10. The van der Waals surface area contributed by atoms with Crippen LogP contribution in [0.3, 0.4) is 0 Å². The summed E-state index contributed by atoms with van der Waals surface area (Å²) in [6, 6.07) is 3.97. The highest BCUT2D eigenvalue weighted by Gasteiger charge is 2.44. The summed E-state index contributed by atoms with van der Waals surface area (Å²) in [6.45, 7) is 7.15. The second-order valence-corrected chi connectivity index (χ2v) is 7.86. The van der Waals surface area contributed by atoms with Gasteiger partial charge in [0.1, 0.15) is 10.2 Å². The normalized spacial score (nSPS) is 16.0. The first-order valence-corrected chi connectivity index (χ1v) is 8.28. The number of carbonyl (C=O) groups is 1. The smallest absolute Gasteiger partial charge is 0.407 e. The molecule has 0 unspecified atom stereocenters. The molecular formula is C16H24BrN3O2. The molecule has 0 aromatic carbocycles. The van der Waals surface area contributed by atoms with E-state index >= 15 is 0 Å². The minimum absolute atomic E-state index is 0.152. The Morgan fingerprint density at radius 1 is 1.45 bits per heavy atom. The Morgan fingerprint density at radius 3 is 2.64 bits per heavy atom. The number of anilines is 1. The van der Waals surface area contributed by atoms with Crippen LogP contribution in [0.1, 0.15) is 33.6 Å². The number of hydrogen-bond acceptors (Lipinski definition) is 4. The second-order valence-electron chi connectivity index (χ2n) is 7.05. The molecule has 5 nitrogen and oxygen atoms in total. The molecule has 0 bridgehead atoms. The van der Waals surface area contributed by atoms with E-state index in [9.17, 15) is 4.79 Å². The fraction of sp³-hybridized carbons (Fsp3) is 0.625. The van der Waals surface area contributed by atoms with Crippen LogP contribution in [0.15, 0.2) is 22.9 Å². The lowest BCUT2D eigenvalue weighted by Crippen LogP contribution is -2.39. The number of aromatic nitrogens is 1. The van der Waals surface area contributed by atoms with Crippen LogP contribution in [0.2, 0.25) is 0 Å². The number of nitrogens with one attached hydrogen (secondary N) is 1. The molecule has 1 saturated carbocycles. The number of hydrogen-bond donors (Lipinski definition) is 1. The van der Waals surface area contributed by atoms with Crippen molar-refractivity contribution in [2.45, 2.75) is 39.2 Å². The van der Waals surface area contributed by atoms with Crippen molar-refractivity contribution in [3.63, 3.8) is 0 Å². The van der Waals surface area contributed by atoms with E-state index in [1.807, 2.05) is 39.1 Å². The van der Waals surface area contributed by atoms with Crippen molar-refractivity contribution in [3.8, 4) is 0 Å². The summed E-state index contributed by atoms with van der Waals surface area (Å²) in [4.78, 5) is 18.2. The summed E-state index contributed by atoms with van der Waals surface area (Å²) in [5, 5.41) is 2.90. The fourth-order valence-electron chi connectivity index (χ4n) is 2.33. The van der Waals surface area contributed by atoms with Gasteiger partial charge in [-0.05, 0) is 61.7 Å². The van der Waals surface area contributed by atoms with E-state index in [-0.39, 0.29) is 11.5 Å². The molecule has 0 saturated heterocycles. The van der Waals surface area contributed by atoms with Crippen LogP contribution in [0.25, 0.3) is 0 Å². The van der Waals surface area contributed by atoms with Crippen molar-refractivity contribution < 1.29 is 9.53 Å². The first-order valence-electron chi connectivity index (χ1n) is 7.49. The van der Waals surface area contributed by atoms with Crippen molar-refractivity contribution in [2.24, 2.45) is 5.41 Å². The molecular weight excluding hydrogens is 346 g/mol. The molecule has 1 heterocycles. The molecule has 122 valence electrons. The molecule has 1 aliphatic carbocycles. The maximum atomic E-state index is 11.8. The quantitative estimate of drug-likeness (QED) is 0.805. The highest BCUT2D eigenvalue weighted by atomic mass is 79.9. The molecule has 22 heavy (non-hydrogen) atoms. The van der Waals surface area contributed by atoms with Gasteiger partial charge in [0.2, 0.25) is 0 Å². The Labute approximate surface area is 140 Å². The minimum atomic E-state index is -0.458. The van der Waals surface area contributed by atoms with Crippen molar-refractivity contribution in [1.82, 2.24) is 10.3 Å². The maximum Gasteiger partial charge on any atom is 0.407 e. The summed E-state index contributed by atoms with van der Waals surface area (Å²) < 4.78 is 6.12. The summed E-state index contributed by atoms with van der Waals surface area (Å²) in [5.41, 5.74) is 0.770. The van der Waals surface area contributed by atoms with Crippen molar-refractivity contribution >= 4 is 27.7 Å². The number of pyridine rings is 1. The van der Waals surface area contributed by atoms with Crippen LogP contribution in [-0.4, -0.2) is 36.8 Å². The predicted octanol–water partition coefficient (Wildman–Crippen LogP) is 3.59. The van der Waals surface area contributed by atoms with E-state index in [0.717, 1.165) is 29.7 Å². The van der Waals surface area contributed by atoms with Gasteiger partial charge in [-0.3, -0.25) is 0 Å². The summed E-state index contributed by atoms with van der Waals surface area (Å²) >= 11 is 3.34. The first-order chi connectivity index (χ1) is 10.2. The van der Waals surface area contributed by atoms with Gasteiger partial charge in [-0.15, -0.1) is 0 Å². The topological polar surface area (TPSA) is 54.5 Å². The summed E-state index contributed by atoms with van der Waals surface area (Å²) in [5.74, 6) is 0. The van der Waals surface area contributed by atoms with Gasteiger partial charge in [0.15, 0.2) is 0 Å². The molecule has 2 rings (SSSR count). The van der Waals surface area contributed by atoms with Crippen LogP contribution in [0, 0.1) is 5.41 Å². The molecule has 1 fully saturated rings. The van der Waals surface area contributed by atoms with E-state index in [1.165, 1.54) is 0 Å². The second kappa shape index (κ2) is 6.44. The first kappa shape index (κ1) is 17.1. The SMILES string of the molecule is CN(CC1(CNC(=O)OC(C)(C)C)CC1)c1ccc(Br)nc1. The Balaban J connectivity index is 1.84. The monoisotopic (exact) mass is 369 g/mol. The fourth-order valence-corrected chi connectivity index (χ4v) is 2.56. The van der Waals surface area contributed by atoms with Gasteiger partial charge in [0.25, 0.3) is 0 Å². The molecule has 1 aromatic heterocycles. The number of ether oxygens (including phenoxy) is 1. The van der Waals surface area contributed by atoms with Gasteiger partial charge >= 0.3 is 6.09 Å². The molecule has 1 amide bonds. The zero-order valence-electron chi connectivity index (χ0n) is 13.6. The van der Waals surface area contributed by atoms with Crippen molar-refractivity contribution in [3.05, 3.63) is 22.9 Å². The largest absolute Gasteiger partial charge is 0.444 e. The van der Waals surface area contributed by atoms with E-state index in [4.69, 9.17) is 4.74 Å². The number of carbonyl (C=O) groups excluding carboxylic acids is 1. The molecule has 0 atom stereocenters. The Bertz CT molecular complexity index is 521. The molecule has 1 aromatic rings. The van der Waals surface area contributed by atoms with E-state index < -0.39 is 5.60 Å². The van der Waals surface area contributed by atoms with Crippen molar-refractivity contribution in [2.75, 3.05) is 25.0 Å². The maximum absolute atomic E-state index is 11.8. The zero-order valence-corrected chi connectivity index (χ0v) is 15.2. The Hall–Kier alpha value is -1.30. The lowest BCUT2D eigenvalue weighted by atomic mass is 10.1. The van der Waals surface area contributed by atoms with Gasteiger partial charge in [0, 0.05) is 25.6 Å². The van der Waals surface area contributed by atoms with Crippen LogP contribution in [0.5, 0.6) is 0 Å². The molecule has 0 spiro atoms. The lowest BCUT2D eigenvalue weighted by molar-refractivity contribution is 0.0517. The van der Waals surface area contributed by atoms with Gasteiger partial charge < -0.3 is 15.0 Å². The molecule has 1 aliphatic rings. The average Bonchev–Trinajstić information content (AvgIpc) is 3.15. The van der Waals surface area contributed by atoms with Gasteiger partial charge in [-0.25, -0.2) is 9.78 Å². The third-order valence-electron chi connectivity index (χ3n) is 3.69. The molecule has 0 aliphatic heterocycles. The molecule has 6 heteroatoms. The standard InChI is InChI=1S/C16H24BrN3O2/c1-15(2,3)22-14(21)19-10-16(7-8-16)11-20(4)12-5-6-13(17)18-9-12/h5-6,9H,7-8,10-11H2,1-4H3,(H,19,21). The average molecular weight is 370 g/mol. The van der Waals surface area contributed by atoms with Crippen LogP contribution in [-0.2, 0) is 4.74 Å². The number of nitrogens with zero attached hydrogens (tertiary/aromatic N) is 2. The number of amides is 1. The highest BCUT2D eigenvalue weighted by Crippen LogP contribution is 2.46. The zero-order chi connectivity index (χ0) is 16.4. The van der Waals surface area contributed by atoms with Gasteiger partial charge in [-0.2, -0.15) is 0 Å². The van der Waals surface area contributed by atoms with Crippen LogP contribution in [0.4, 0.5) is 10.5 Å².